The van der Waals surface area contributed by atoms with Crippen molar-refractivity contribution in [1.29, 1.82) is 0 Å². The predicted octanol–water partition coefficient (Wildman–Crippen LogP) is 3.18. The maximum atomic E-state index is 10.9. The molecule has 1 aliphatic heterocycles. The van der Waals surface area contributed by atoms with Crippen molar-refractivity contribution in [2.45, 2.75) is 51.0 Å². The first-order valence-corrected chi connectivity index (χ1v) is 11.1. The van der Waals surface area contributed by atoms with Crippen LogP contribution in [0.4, 0.5) is 0 Å². The van der Waals surface area contributed by atoms with Gasteiger partial charge in [0.15, 0.2) is 12.2 Å². The van der Waals surface area contributed by atoms with Crippen molar-refractivity contribution in [3.05, 3.63) is 60.1 Å². The van der Waals surface area contributed by atoms with Crippen LogP contribution in [0.15, 0.2) is 47.7 Å². The van der Waals surface area contributed by atoms with Crippen molar-refractivity contribution in [2.24, 2.45) is 0 Å². The second-order valence-corrected chi connectivity index (χ2v) is 8.67. The third kappa shape index (κ3) is 3.27. The number of aliphatic hydroxyl groups is 1. The molecule has 2 aliphatic rings. The summed E-state index contributed by atoms with van der Waals surface area (Å²) in [5.41, 5.74) is 5.23. The van der Waals surface area contributed by atoms with Gasteiger partial charge in [0.25, 0.3) is 0 Å². The molecule has 4 aromatic rings. The molecule has 3 aromatic heterocycles. The zero-order valence-electron chi connectivity index (χ0n) is 17.9. The number of nitrogens with zero attached hydrogens (tertiary/aromatic N) is 4. The van der Waals surface area contributed by atoms with E-state index in [2.05, 4.69) is 30.9 Å². The lowest BCUT2D eigenvalue weighted by molar-refractivity contribution is 0.0596. The van der Waals surface area contributed by atoms with Crippen molar-refractivity contribution >= 4 is 11.0 Å². The second-order valence-electron chi connectivity index (χ2n) is 8.67. The molecule has 0 amide bonds. The molecule has 1 aliphatic carbocycles. The minimum Gasteiger partial charge on any atom is -0.487 e. The lowest BCUT2D eigenvalue weighted by Gasteiger charge is -2.25. The van der Waals surface area contributed by atoms with Crippen LogP contribution in [0.3, 0.4) is 0 Å². The predicted molar refractivity (Wildman–Crippen MR) is 118 cm³/mol. The number of hydrogen-bond acceptors (Lipinski definition) is 7. The third-order valence-corrected chi connectivity index (χ3v) is 6.72. The molecular weight excluding hydrogens is 406 g/mol. The van der Waals surface area contributed by atoms with Crippen molar-refractivity contribution in [3.63, 3.8) is 0 Å². The number of ether oxygens (including phenoxy) is 1. The minimum atomic E-state index is -0.554. The SMILES string of the molecule is Cc1ncnc2c1ccn2[C@@H]1C[C@H](Oc2cc(-c3cnco3)cc3c2CNCC3)[C@@H](O)C1. The van der Waals surface area contributed by atoms with Gasteiger partial charge in [0.05, 0.1) is 18.0 Å². The number of aliphatic hydroxyl groups excluding tert-OH is 1. The molecule has 3 atom stereocenters. The quantitative estimate of drug-likeness (QED) is 0.512. The zero-order chi connectivity index (χ0) is 21.7. The molecule has 6 rings (SSSR count). The van der Waals surface area contributed by atoms with Crippen LogP contribution in [0.5, 0.6) is 5.75 Å². The summed E-state index contributed by atoms with van der Waals surface area (Å²) in [5.74, 6) is 1.52. The molecule has 164 valence electrons. The Balaban J connectivity index is 1.30. The molecule has 0 bridgehead atoms. The fourth-order valence-electron chi connectivity index (χ4n) is 5.03. The highest BCUT2D eigenvalue weighted by atomic mass is 16.5. The van der Waals surface area contributed by atoms with E-state index in [1.54, 1.807) is 12.5 Å². The second kappa shape index (κ2) is 7.72. The molecule has 0 saturated heterocycles. The van der Waals surface area contributed by atoms with E-state index < -0.39 is 6.10 Å². The number of nitrogens with one attached hydrogen (secondary N) is 1. The van der Waals surface area contributed by atoms with E-state index >= 15 is 0 Å². The van der Waals surface area contributed by atoms with E-state index in [-0.39, 0.29) is 12.1 Å². The van der Waals surface area contributed by atoms with Crippen LogP contribution < -0.4 is 10.1 Å². The van der Waals surface area contributed by atoms with Crippen LogP contribution in [0.1, 0.15) is 35.7 Å². The van der Waals surface area contributed by atoms with Crippen molar-refractivity contribution in [1.82, 2.24) is 24.8 Å². The van der Waals surface area contributed by atoms with Crippen LogP contribution in [-0.4, -0.2) is 43.4 Å². The molecule has 2 N–H and O–H groups in total. The molecular formula is C24H25N5O3. The van der Waals surface area contributed by atoms with Gasteiger partial charge >= 0.3 is 0 Å². The summed E-state index contributed by atoms with van der Waals surface area (Å²) in [6.45, 7) is 3.68. The van der Waals surface area contributed by atoms with Gasteiger partial charge in [-0.25, -0.2) is 15.0 Å². The Kier molecular flexibility index (Phi) is 4.69. The first kappa shape index (κ1) is 19.5. The fraction of sp³-hybridized carbons (Fsp3) is 0.375. The summed E-state index contributed by atoms with van der Waals surface area (Å²) in [6, 6.07) is 6.33. The summed E-state index contributed by atoms with van der Waals surface area (Å²) in [7, 11) is 0. The monoisotopic (exact) mass is 431 g/mol. The van der Waals surface area contributed by atoms with Crippen LogP contribution in [-0.2, 0) is 13.0 Å². The summed E-state index contributed by atoms with van der Waals surface area (Å²) < 4.78 is 14.2. The van der Waals surface area contributed by atoms with Gasteiger partial charge in [0.2, 0.25) is 0 Å². The molecule has 0 unspecified atom stereocenters. The molecule has 1 aromatic carbocycles. The number of hydrogen-bond donors (Lipinski definition) is 2. The summed E-state index contributed by atoms with van der Waals surface area (Å²) in [6.07, 6.45) is 8.21. The number of rotatable bonds is 4. The molecule has 0 spiro atoms. The zero-order valence-corrected chi connectivity index (χ0v) is 17.9. The van der Waals surface area contributed by atoms with Gasteiger partial charge in [0.1, 0.15) is 23.8 Å². The Morgan fingerprint density at radius 2 is 2.19 bits per heavy atom. The van der Waals surface area contributed by atoms with Gasteiger partial charge in [-0.15, -0.1) is 0 Å². The lowest BCUT2D eigenvalue weighted by atomic mass is 9.96. The average molecular weight is 431 g/mol. The van der Waals surface area contributed by atoms with Crippen LogP contribution >= 0.6 is 0 Å². The third-order valence-electron chi connectivity index (χ3n) is 6.72. The number of oxazole rings is 1. The number of aromatic nitrogens is 4. The van der Waals surface area contributed by atoms with E-state index in [1.807, 2.05) is 25.3 Å². The van der Waals surface area contributed by atoms with Crippen LogP contribution in [0, 0.1) is 6.92 Å². The normalized spacial score (nSPS) is 22.9. The number of fused-ring (bicyclic) bond motifs is 2. The van der Waals surface area contributed by atoms with E-state index in [1.165, 1.54) is 12.0 Å². The van der Waals surface area contributed by atoms with Gasteiger partial charge in [0, 0.05) is 41.7 Å². The summed E-state index contributed by atoms with van der Waals surface area (Å²) in [5, 5.41) is 15.4. The molecule has 8 heteroatoms. The minimum absolute atomic E-state index is 0.119. The summed E-state index contributed by atoms with van der Waals surface area (Å²) >= 11 is 0. The van der Waals surface area contributed by atoms with Crippen molar-refractivity contribution in [3.8, 4) is 17.1 Å². The molecule has 32 heavy (non-hydrogen) atoms. The molecule has 1 fully saturated rings. The fourth-order valence-corrected chi connectivity index (χ4v) is 5.03. The number of aryl methyl sites for hydroxylation is 1. The first-order valence-electron chi connectivity index (χ1n) is 11.1. The van der Waals surface area contributed by atoms with Gasteiger partial charge in [-0.1, -0.05) is 0 Å². The Hall–Kier alpha value is -3.23. The Morgan fingerprint density at radius 1 is 1.25 bits per heavy atom. The van der Waals surface area contributed by atoms with E-state index in [9.17, 15) is 5.11 Å². The molecule has 4 heterocycles. The van der Waals surface area contributed by atoms with Gasteiger partial charge < -0.3 is 24.1 Å². The maximum Gasteiger partial charge on any atom is 0.181 e. The van der Waals surface area contributed by atoms with Gasteiger partial charge in [-0.3, -0.25) is 0 Å². The topological polar surface area (TPSA) is 98.2 Å². The molecule has 1 saturated carbocycles. The number of benzene rings is 1. The molecule has 0 radical (unpaired) electrons. The highest BCUT2D eigenvalue weighted by Crippen LogP contribution is 2.38. The van der Waals surface area contributed by atoms with Gasteiger partial charge in [-0.2, -0.15) is 0 Å². The summed E-state index contributed by atoms with van der Waals surface area (Å²) in [4.78, 5) is 12.8. The van der Waals surface area contributed by atoms with Crippen LogP contribution in [0.2, 0.25) is 0 Å². The van der Waals surface area contributed by atoms with E-state index in [4.69, 9.17) is 9.15 Å². The van der Waals surface area contributed by atoms with E-state index in [0.717, 1.165) is 58.9 Å². The first-order chi connectivity index (χ1) is 15.7. The Bertz CT molecular complexity index is 1270. The standard InChI is InChI=1S/C24H25N5O3/c1-14-18-3-5-29(24(18)28-12-27-14)17-8-20(30)22(9-17)32-21-7-16(23-11-26-13-31-23)6-15-2-4-25-10-19(15)21/h3,5-7,11-13,17,20,22,25,30H,2,4,8-10H2,1H3/t17-,20-,22-/m0/s1. The van der Waals surface area contributed by atoms with E-state index in [0.29, 0.717) is 12.8 Å². The Labute approximate surface area is 185 Å². The maximum absolute atomic E-state index is 10.9. The highest BCUT2D eigenvalue weighted by Gasteiger charge is 2.37. The van der Waals surface area contributed by atoms with Crippen molar-refractivity contribution in [2.75, 3.05) is 6.54 Å². The Morgan fingerprint density at radius 3 is 3.06 bits per heavy atom. The highest BCUT2D eigenvalue weighted by molar-refractivity contribution is 5.78. The largest absolute Gasteiger partial charge is 0.487 e. The van der Waals surface area contributed by atoms with Crippen LogP contribution in [0.25, 0.3) is 22.4 Å². The molecule has 8 nitrogen and oxygen atoms in total. The van der Waals surface area contributed by atoms with Crippen molar-refractivity contribution < 1.29 is 14.3 Å². The van der Waals surface area contributed by atoms with Gasteiger partial charge in [-0.05, 0) is 50.1 Å². The smallest absolute Gasteiger partial charge is 0.181 e. The lowest BCUT2D eigenvalue weighted by Crippen LogP contribution is -2.29. The average Bonchev–Trinajstić information content (AvgIpc) is 3.55.